The molecule has 8 atom stereocenters. The number of aliphatic hydroxyl groups is 3. The Morgan fingerprint density at radius 3 is 2.46 bits per heavy atom. The predicted octanol–water partition coefficient (Wildman–Crippen LogP) is 2.69. The summed E-state index contributed by atoms with van der Waals surface area (Å²) in [6.07, 6.45) is 1.27. The van der Waals surface area contributed by atoms with E-state index in [-0.39, 0.29) is 40.1 Å². The van der Waals surface area contributed by atoms with E-state index >= 15 is 0 Å². The summed E-state index contributed by atoms with van der Waals surface area (Å²) in [6, 6.07) is 6.38. The van der Waals surface area contributed by atoms with Crippen LogP contribution in [0.15, 0.2) is 47.6 Å². The summed E-state index contributed by atoms with van der Waals surface area (Å²) in [5, 5.41) is 34.1. The number of ketones is 1. The Balaban J connectivity index is 1.60. The maximum absolute atomic E-state index is 14.3. The lowest BCUT2D eigenvalue weighted by Gasteiger charge is -2.48. The number of ether oxygens (including phenoxy) is 2. The van der Waals surface area contributed by atoms with Gasteiger partial charge < -0.3 is 24.8 Å². The van der Waals surface area contributed by atoms with Gasteiger partial charge in [-0.3, -0.25) is 4.79 Å². The molecule has 2 bridgehead atoms. The molecule has 1 spiro atoms. The van der Waals surface area contributed by atoms with Crippen LogP contribution in [0.25, 0.3) is 0 Å². The molecule has 0 saturated heterocycles. The van der Waals surface area contributed by atoms with Gasteiger partial charge in [-0.15, -0.1) is 0 Å². The van der Waals surface area contributed by atoms with Gasteiger partial charge in [-0.05, 0) is 71.9 Å². The first-order valence-corrected chi connectivity index (χ1v) is 12.3. The standard InChI is InChI=1S/C28H34O7/c1-14-12-27-15(2)10-20-21(26(20,3)4)19(23(27)31)11-17(13-29)22(30)28(27,33)24(14)35-25(32)16-6-8-18(34-5)9-7-16/h6-9,11-12,15,19-22,24,29-30,33H,10,13H2,1-5H3. The molecular weight excluding hydrogens is 448 g/mol. The van der Waals surface area contributed by atoms with Gasteiger partial charge in [0.1, 0.15) is 11.9 Å². The largest absolute Gasteiger partial charge is 0.497 e. The Morgan fingerprint density at radius 2 is 1.86 bits per heavy atom. The molecule has 4 aliphatic carbocycles. The number of hydrogen-bond acceptors (Lipinski definition) is 7. The average Bonchev–Trinajstić information content (AvgIpc) is 3.32. The Morgan fingerprint density at radius 1 is 1.20 bits per heavy atom. The van der Waals surface area contributed by atoms with E-state index < -0.39 is 41.7 Å². The maximum Gasteiger partial charge on any atom is 0.338 e. The zero-order valence-electron chi connectivity index (χ0n) is 20.8. The van der Waals surface area contributed by atoms with Crippen molar-refractivity contribution in [3.8, 4) is 5.75 Å². The molecule has 7 nitrogen and oxygen atoms in total. The Bertz CT molecular complexity index is 1130. The summed E-state index contributed by atoms with van der Waals surface area (Å²) in [5.74, 6) is -0.755. The molecule has 35 heavy (non-hydrogen) atoms. The Kier molecular flexibility index (Phi) is 5.37. The smallest absolute Gasteiger partial charge is 0.338 e. The molecule has 8 unspecified atom stereocenters. The van der Waals surface area contributed by atoms with E-state index in [1.807, 2.05) is 6.92 Å². The minimum absolute atomic E-state index is 0.0434. The van der Waals surface area contributed by atoms with Gasteiger partial charge >= 0.3 is 5.97 Å². The lowest BCUT2D eigenvalue weighted by Crippen LogP contribution is -2.65. The van der Waals surface area contributed by atoms with Gasteiger partial charge in [0.25, 0.3) is 0 Å². The lowest BCUT2D eigenvalue weighted by atomic mass is 9.59. The van der Waals surface area contributed by atoms with Gasteiger partial charge in [-0.25, -0.2) is 4.79 Å². The van der Waals surface area contributed by atoms with Crippen LogP contribution in [-0.2, 0) is 9.53 Å². The van der Waals surface area contributed by atoms with Crippen LogP contribution in [0.4, 0.5) is 0 Å². The van der Waals surface area contributed by atoms with E-state index in [1.165, 1.54) is 7.11 Å². The highest BCUT2D eigenvalue weighted by Crippen LogP contribution is 2.71. The number of hydrogen-bond donors (Lipinski definition) is 3. The van der Waals surface area contributed by atoms with Gasteiger partial charge in [-0.2, -0.15) is 0 Å². The number of rotatable bonds is 4. The lowest BCUT2D eigenvalue weighted by molar-refractivity contribution is -0.190. The number of carbonyl (C=O) groups is 2. The monoisotopic (exact) mass is 482 g/mol. The summed E-state index contributed by atoms with van der Waals surface area (Å²) >= 11 is 0. The van der Waals surface area contributed by atoms with Crippen molar-refractivity contribution in [3.63, 3.8) is 0 Å². The molecule has 3 N–H and O–H groups in total. The van der Waals surface area contributed by atoms with Crippen LogP contribution >= 0.6 is 0 Å². The van der Waals surface area contributed by atoms with E-state index in [0.717, 1.165) is 0 Å². The molecule has 1 aromatic rings. The second kappa shape index (κ2) is 7.76. The molecule has 0 amide bonds. The molecule has 2 fully saturated rings. The van der Waals surface area contributed by atoms with Crippen LogP contribution in [0.5, 0.6) is 5.75 Å². The minimum Gasteiger partial charge on any atom is -0.497 e. The van der Waals surface area contributed by atoms with Gasteiger partial charge in [-0.1, -0.05) is 32.9 Å². The highest BCUT2D eigenvalue weighted by molar-refractivity contribution is 5.96. The minimum atomic E-state index is -2.14. The third-order valence-electron chi connectivity index (χ3n) is 9.45. The second-order valence-corrected chi connectivity index (χ2v) is 11.4. The van der Waals surface area contributed by atoms with Crippen molar-refractivity contribution in [2.45, 2.75) is 51.9 Å². The molecule has 0 aromatic heterocycles. The molecule has 1 aromatic carbocycles. The molecule has 188 valence electrons. The van der Waals surface area contributed by atoms with Crippen molar-refractivity contribution >= 4 is 11.8 Å². The Labute approximate surface area is 205 Å². The summed E-state index contributed by atoms with van der Waals surface area (Å²) in [4.78, 5) is 27.4. The van der Waals surface area contributed by atoms with Crippen LogP contribution in [-0.4, -0.2) is 58.6 Å². The third kappa shape index (κ3) is 3.01. The van der Waals surface area contributed by atoms with Crippen LogP contribution < -0.4 is 4.74 Å². The topological polar surface area (TPSA) is 113 Å². The number of Topliss-reactive ketones (excluding diaryl/α,β-unsaturated/α-hetero) is 1. The summed E-state index contributed by atoms with van der Waals surface area (Å²) in [7, 11) is 1.53. The van der Waals surface area contributed by atoms with Crippen molar-refractivity contribution < 1.29 is 34.4 Å². The van der Waals surface area contributed by atoms with E-state index in [0.29, 0.717) is 17.7 Å². The number of benzene rings is 1. The van der Waals surface area contributed by atoms with Crippen molar-refractivity contribution in [1.29, 1.82) is 0 Å². The van der Waals surface area contributed by atoms with Crippen LogP contribution in [0.3, 0.4) is 0 Å². The molecule has 2 saturated carbocycles. The SMILES string of the molecule is COc1ccc(C(=O)OC2C(C)=CC34C(=O)C(C=C(CO)C(O)C23O)C2C(CC4C)C2(C)C)cc1. The molecule has 7 heteroatoms. The molecule has 0 radical (unpaired) electrons. The first kappa shape index (κ1) is 24.2. The van der Waals surface area contributed by atoms with Gasteiger partial charge in [0.2, 0.25) is 0 Å². The highest BCUT2D eigenvalue weighted by Gasteiger charge is 2.76. The average molecular weight is 483 g/mol. The highest BCUT2D eigenvalue weighted by atomic mass is 16.6. The fourth-order valence-corrected chi connectivity index (χ4v) is 7.50. The van der Waals surface area contributed by atoms with Crippen LogP contribution in [0.2, 0.25) is 0 Å². The number of carbonyl (C=O) groups excluding carboxylic acids is 2. The molecular formula is C28H34O7. The summed E-state index contributed by atoms with van der Waals surface area (Å²) in [5.41, 5.74) is -2.66. The number of methoxy groups -OCH3 is 1. The fraction of sp³-hybridized carbons (Fsp3) is 0.571. The quantitative estimate of drug-likeness (QED) is 0.447. The number of allylic oxidation sites excluding steroid dienone is 1. The van der Waals surface area contributed by atoms with Gasteiger partial charge in [0.05, 0.1) is 24.7 Å². The third-order valence-corrected chi connectivity index (χ3v) is 9.45. The first-order chi connectivity index (χ1) is 16.4. The molecule has 0 heterocycles. The summed E-state index contributed by atoms with van der Waals surface area (Å²) in [6.45, 7) is 7.44. The van der Waals surface area contributed by atoms with Gasteiger partial charge in [0, 0.05) is 5.92 Å². The zero-order chi connectivity index (χ0) is 25.5. The molecule has 0 aliphatic heterocycles. The van der Waals surface area contributed by atoms with Gasteiger partial charge in [0.15, 0.2) is 17.5 Å². The van der Waals surface area contributed by atoms with E-state index in [4.69, 9.17) is 9.47 Å². The molecule has 5 rings (SSSR count). The van der Waals surface area contributed by atoms with Crippen molar-refractivity contribution in [1.82, 2.24) is 0 Å². The van der Waals surface area contributed by atoms with Crippen molar-refractivity contribution in [2.75, 3.05) is 13.7 Å². The maximum atomic E-state index is 14.3. The number of aliphatic hydroxyl groups excluding tert-OH is 2. The first-order valence-electron chi connectivity index (χ1n) is 12.3. The molecule has 4 aliphatic rings. The fourth-order valence-electron chi connectivity index (χ4n) is 7.50. The predicted molar refractivity (Wildman–Crippen MR) is 128 cm³/mol. The van der Waals surface area contributed by atoms with Crippen molar-refractivity contribution in [3.05, 3.63) is 53.1 Å². The van der Waals surface area contributed by atoms with E-state index in [9.17, 15) is 24.9 Å². The Hall–Kier alpha value is -2.48. The number of esters is 1. The normalized spacial score (nSPS) is 41.0. The van der Waals surface area contributed by atoms with E-state index in [1.54, 1.807) is 43.3 Å². The number of fused-ring (bicyclic) bond motifs is 3. The summed E-state index contributed by atoms with van der Waals surface area (Å²) < 4.78 is 11.0. The zero-order valence-corrected chi connectivity index (χ0v) is 20.8. The van der Waals surface area contributed by atoms with E-state index in [2.05, 4.69) is 13.8 Å². The van der Waals surface area contributed by atoms with Crippen LogP contribution in [0.1, 0.15) is 44.5 Å². The second-order valence-electron chi connectivity index (χ2n) is 11.4. The van der Waals surface area contributed by atoms with Crippen LogP contribution in [0, 0.1) is 34.5 Å². The van der Waals surface area contributed by atoms with Crippen molar-refractivity contribution in [2.24, 2.45) is 34.5 Å².